The van der Waals surface area contributed by atoms with E-state index in [-0.39, 0.29) is 20.7 Å². The molecule has 0 aliphatic carbocycles. The Kier molecular flexibility index (Phi) is 2.92. The molecule has 2 aliphatic rings. The van der Waals surface area contributed by atoms with Crippen LogP contribution in [0.5, 0.6) is 0 Å². The Labute approximate surface area is 112 Å². The number of rotatable bonds is 2. The third-order valence-corrected chi connectivity index (χ3v) is 5.53. The van der Waals surface area contributed by atoms with Gasteiger partial charge in [0, 0.05) is 0 Å². The van der Waals surface area contributed by atoms with E-state index in [2.05, 4.69) is 0 Å². The van der Waals surface area contributed by atoms with Crippen molar-refractivity contribution in [3.05, 3.63) is 41.9 Å². The van der Waals surface area contributed by atoms with Crippen LogP contribution in [0.1, 0.15) is 19.8 Å². The average molecular weight is 309 g/mol. The molecule has 2 heterocycles. The van der Waals surface area contributed by atoms with E-state index in [0.717, 1.165) is 18.4 Å². The molecule has 1 aromatic carbocycles. The maximum atomic E-state index is 12.4. The molecule has 3 rings (SSSR count). The zero-order valence-corrected chi connectivity index (χ0v) is 11.9. The molecule has 3 nitrogen and oxygen atoms in total. The first-order valence-electron chi connectivity index (χ1n) is 6.03. The van der Waals surface area contributed by atoms with Gasteiger partial charge >= 0.3 is 112 Å². The van der Waals surface area contributed by atoms with E-state index in [0.29, 0.717) is 12.6 Å². The van der Waals surface area contributed by atoms with Gasteiger partial charge in [-0.25, -0.2) is 0 Å². The van der Waals surface area contributed by atoms with Gasteiger partial charge in [0.15, 0.2) is 0 Å². The van der Waals surface area contributed by atoms with E-state index in [1.165, 1.54) is 4.46 Å². The summed E-state index contributed by atoms with van der Waals surface area (Å²) in [6.45, 7) is 2.53. The van der Waals surface area contributed by atoms with Crippen LogP contribution >= 0.6 is 0 Å². The first kappa shape index (κ1) is 11.8. The summed E-state index contributed by atoms with van der Waals surface area (Å²) in [6, 6.07) is 10.0. The van der Waals surface area contributed by atoms with Crippen molar-refractivity contribution in [2.24, 2.45) is 0 Å². The Hall–Kier alpha value is -1.25. The number of hydrogen-bond donors (Lipinski definition) is 0. The van der Waals surface area contributed by atoms with Gasteiger partial charge in [0.1, 0.15) is 0 Å². The van der Waals surface area contributed by atoms with E-state index in [9.17, 15) is 4.79 Å². The standard InChI is InChI=1S/C14H14O3Se/c1-14(18-10-6-3-2-4-7-10)12(15)11-8-5-9-16-13(11)17-14/h2-4,6-7H,5,8-9H2,1H3. The molecule has 94 valence electrons. The zero-order chi connectivity index (χ0) is 12.6. The fourth-order valence-corrected chi connectivity index (χ4v) is 4.44. The molecule has 1 unspecified atom stereocenters. The van der Waals surface area contributed by atoms with Crippen molar-refractivity contribution in [2.75, 3.05) is 6.61 Å². The molecule has 0 radical (unpaired) electrons. The van der Waals surface area contributed by atoms with Crippen LogP contribution in [0.25, 0.3) is 0 Å². The van der Waals surface area contributed by atoms with Crippen molar-refractivity contribution < 1.29 is 14.3 Å². The number of benzene rings is 1. The fourth-order valence-electron chi connectivity index (χ4n) is 2.18. The van der Waals surface area contributed by atoms with Gasteiger partial charge < -0.3 is 0 Å². The average Bonchev–Trinajstić information content (AvgIpc) is 2.63. The van der Waals surface area contributed by atoms with Gasteiger partial charge in [-0.05, 0) is 0 Å². The van der Waals surface area contributed by atoms with Crippen molar-refractivity contribution in [1.29, 1.82) is 0 Å². The molecule has 0 saturated carbocycles. The number of carbonyl (C=O) groups is 1. The predicted octanol–water partition coefficient (Wildman–Crippen LogP) is 1.35. The second-order valence-electron chi connectivity index (χ2n) is 4.51. The molecule has 2 aliphatic heterocycles. The molecule has 0 aromatic heterocycles. The van der Waals surface area contributed by atoms with Crippen LogP contribution in [0.4, 0.5) is 0 Å². The number of ketones is 1. The van der Waals surface area contributed by atoms with Crippen LogP contribution in [0.3, 0.4) is 0 Å². The number of carbonyl (C=O) groups excluding carboxylic acids is 1. The van der Waals surface area contributed by atoms with E-state index in [1.54, 1.807) is 0 Å². The monoisotopic (exact) mass is 310 g/mol. The van der Waals surface area contributed by atoms with E-state index in [4.69, 9.17) is 9.47 Å². The summed E-state index contributed by atoms with van der Waals surface area (Å²) in [5, 5.41) is 0. The molecule has 18 heavy (non-hydrogen) atoms. The molecule has 0 spiro atoms. The molecule has 0 fully saturated rings. The number of ether oxygens (including phenoxy) is 2. The summed E-state index contributed by atoms with van der Waals surface area (Å²) < 4.78 is 11.7. The third kappa shape index (κ3) is 1.96. The number of Topliss-reactive ketones (excluding diaryl/α,β-unsaturated/α-hetero) is 1. The van der Waals surface area contributed by atoms with Crippen molar-refractivity contribution in [3.63, 3.8) is 0 Å². The van der Waals surface area contributed by atoms with Crippen LogP contribution < -0.4 is 4.46 Å². The van der Waals surface area contributed by atoms with Crippen LogP contribution in [0, 0.1) is 0 Å². The van der Waals surface area contributed by atoms with Gasteiger partial charge in [0.2, 0.25) is 0 Å². The van der Waals surface area contributed by atoms with Crippen LogP contribution in [-0.4, -0.2) is 31.8 Å². The summed E-state index contributed by atoms with van der Waals surface area (Å²) in [6.07, 6.45) is 1.69. The normalized spacial score (nSPS) is 26.6. The van der Waals surface area contributed by atoms with Crippen LogP contribution in [-0.2, 0) is 14.3 Å². The second kappa shape index (κ2) is 4.45. The van der Waals surface area contributed by atoms with Gasteiger partial charge in [0.25, 0.3) is 0 Å². The quantitative estimate of drug-likeness (QED) is 0.774. The summed E-state index contributed by atoms with van der Waals surface area (Å²) in [7, 11) is 0. The predicted molar refractivity (Wildman–Crippen MR) is 68.5 cm³/mol. The molecule has 0 bridgehead atoms. The van der Waals surface area contributed by atoms with E-state index in [1.807, 2.05) is 37.3 Å². The van der Waals surface area contributed by atoms with Gasteiger partial charge in [-0.15, -0.1) is 0 Å². The number of hydrogen-bond acceptors (Lipinski definition) is 3. The molecular weight excluding hydrogens is 295 g/mol. The Balaban J connectivity index is 1.83. The van der Waals surface area contributed by atoms with Crippen molar-refractivity contribution in [3.8, 4) is 0 Å². The van der Waals surface area contributed by atoms with Crippen molar-refractivity contribution >= 4 is 25.2 Å². The zero-order valence-electron chi connectivity index (χ0n) is 10.1. The maximum absolute atomic E-state index is 12.4. The Bertz CT molecular complexity index is 509. The Morgan fingerprint density at radius 2 is 2.06 bits per heavy atom. The Morgan fingerprint density at radius 3 is 2.78 bits per heavy atom. The van der Waals surface area contributed by atoms with Gasteiger partial charge in [0.05, 0.1) is 0 Å². The molecule has 4 heteroatoms. The summed E-state index contributed by atoms with van der Waals surface area (Å²) in [5.41, 5.74) is 0.751. The first-order chi connectivity index (χ1) is 8.69. The molecule has 0 N–H and O–H groups in total. The summed E-state index contributed by atoms with van der Waals surface area (Å²) >= 11 is -0.0496. The Morgan fingerprint density at radius 1 is 1.28 bits per heavy atom. The summed E-state index contributed by atoms with van der Waals surface area (Å²) in [5.74, 6) is 0.590. The third-order valence-electron chi connectivity index (χ3n) is 3.08. The minimum atomic E-state index is -0.733. The summed E-state index contributed by atoms with van der Waals surface area (Å²) in [4.78, 5) is 12.4. The topological polar surface area (TPSA) is 35.5 Å². The second-order valence-corrected chi connectivity index (χ2v) is 7.56. The van der Waals surface area contributed by atoms with Crippen LogP contribution in [0.15, 0.2) is 41.9 Å². The fraction of sp³-hybridized carbons (Fsp3) is 0.357. The van der Waals surface area contributed by atoms with Crippen molar-refractivity contribution in [2.45, 2.75) is 24.3 Å². The SMILES string of the molecule is CC1([Se]c2ccccc2)OC2=C(CCCO2)C1=O. The molecule has 1 atom stereocenters. The van der Waals surface area contributed by atoms with Crippen LogP contribution in [0.2, 0.25) is 0 Å². The van der Waals surface area contributed by atoms with E-state index >= 15 is 0 Å². The molecular formula is C14H14O3Se. The molecule has 1 aromatic rings. The first-order valence-corrected chi connectivity index (χ1v) is 7.74. The van der Waals surface area contributed by atoms with Crippen molar-refractivity contribution in [1.82, 2.24) is 0 Å². The van der Waals surface area contributed by atoms with Gasteiger partial charge in [-0.1, -0.05) is 0 Å². The van der Waals surface area contributed by atoms with Gasteiger partial charge in [-0.2, -0.15) is 0 Å². The molecule has 0 saturated heterocycles. The van der Waals surface area contributed by atoms with E-state index < -0.39 is 4.50 Å². The van der Waals surface area contributed by atoms with Gasteiger partial charge in [-0.3, -0.25) is 0 Å². The minimum absolute atomic E-state index is 0.0496. The molecule has 0 amide bonds.